The topological polar surface area (TPSA) is 96.4 Å². The first-order valence-corrected chi connectivity index (χ1v) is 9.17. The lowest BCUT2D eigenvalue weighted by molar-refractivity contribution is -0.116. The number of aromatic hydroxyl groups is 1. The van der Waals surface area contributed by atoms with Crippen molar-refractivity contribution in [1.82, 2.24) is 5.32 Å². The molecule has 25 heavy (non-hydrogen) atoms. The zero-order valence-electron chi connectivity index (χ0n) is 13.1. The van der Waals surface area contributed by atoms with Crippen LogP contribution < -0.4 is 10.1 Å². The standard InChI is InChI=1S/C15H12BrN3O4S2/c1-6-3-8(24)10-13(22-2)7(12(21)11(16)14(10)23-6)4-17-19-15-18-9(20)5-25-15/h3-4,21H,5H2,1-2H3,(H,18,19,20)/b17-4+. The van der Waals surface area contributed by atoms with Gasteiger partial charge in [-0.25, -0.2) is 0 Å². The van der Waals surface area contributed by atoms with E-state index in [1.807, 2.05) is 0 Å². The largest absolute Gasteiger partial charge is 0.506 e. The van der Waals surface area contributed by atoms with Gasteiger partial charge in [0.1, 0.15) is 21.7 Å². The number of amides is 1. The quantitative estimate of drug-likeness (QED) is 0.429. The minimum absolute atomic E-state index is 0.111. The van der Waals surface area contributed by atoms with Crippen LogP contribution in [0.15, 0.2) is 25.2 Å². The minimum Gasteiger partial charge on any atom is -0.506 e. The summed E-state index contributed by atoms with van der Waals surface area (Å²) in [5, 5.41) is 21.8. The first-order valence-electron chi connectivity index (χ1n) is 6.99. The number of thioether (sulfide) groups is 1. The highest BCUT2D eigenvalue weighted by Crippen LogP contribution is 2.43. The monoisotopic (exact) mass is 441 g/mol. The van der Waals surface area contributed by atoms with Crippen molar-refractivity contribution in [3.8, 4) is 11.5 Å². The van der Waals surface area contributed by atoms with Crippen molar-refractivity contribution in [2.24, 2.45) is 10.2 Å². The number of hydrogen-bond donors (Lipinski definition) is 2. The molecule has 0 atom stereocenters. The normalized spacial score (nSPS) is 16.1. The third-order valence-corrected chi connectivity index (χ3v) is 5.25. The van der Waals surface area contributed by atoms with Crippen molar-refractivity contribution >= 4 is 68.2 Å². The van der Waals surface area contributed by atoms with E-state index >= 15 is 0 Å². The maximum Gasteiger partial charge on any atom is 0.236 e. The molecule has 0 radical (unpaired) electrons. The summed E-state index contributed by atoms with van der Waals surface area (Å²) in [6.45, 7) is 1.77. The lowest BCUT2D eigenvalue weighted by Gasteiger charge is -2.13. The lowest BCUT2D eigenvalue weighted by atomic mass is 10.1. The van der Waals surface area contributed by atoms with Crippen molar-refractivity contribution in [1.29, 1.82) is 0 Å². The molecule has 1 saturated heterocycles. The van der Waals surface area contributed by atoms with E-state index < -0.39 is 0 Å². The molecule has 2 aromatic rings. The Morgan fingerprint density at radius 1 is 1.56 bits per heavy atom. The first kappa shape index (κ1) is 17.9. The zero-order chi connectivity index (χ0) is 18.1. The third-order valence-electron chi connectivity index (χ3n) is 3.33. The lowest BCUT2D eigenvalue weighted by Crippen LogP contribution is -2.19. The third kappa shape index (κ3) is 3.42. The van der Waals surface area contributed by atoms with E-state index in [1.165, 1.54) is 25.1 Å². The molecular formula is C15H12BrN3O4S2. The first-order chi connectivity index (χ1) is 11.9. The highest BCUT2D eigenvalue weighted by atomic mass is 79.9. The molecule has 2 N–H and O–H groups in total. The van der Waals surface area contributed by atoms with Gasteiger partial charge in [-0.05, 0) is 28.9 Å². The summed E-state index contributed by atoms with van der Waals surface area (Å²) < 4.78 is 12.0. The Morgan fingerprint density at radius 2 is 2.32 bits per heavy atom. The molecule has 2 heterocycles. The van der Waals surface area contributed by atoms with E-state index in [0.717, 1.165) is 0 Å². The summed E-state index contributed by atoms with van der Waals surface area (Å²) in [6, 6.07) is 1.70. The number of phenols is 1. The molecular weight excluding hydrogens is 430 g/mol. The molecule has 0 bridgehead atoms. The fourth-order valence-electron chi connectivity index (χ4n) is 2.30. The summed E-state index contributed by atoms with van der Waals surface area (Å²) in [5.41, 5.74) is 0.687. The molecule has 1 amide bonds. The number of benzene rings is 1. The number of rotatable bonds is 3. The van der Waals surface area contributed by atoms with Gasteiger partial charge in [0.05, 0.1) is 34.5 Å². The van der Waals surface area contributed by atoms with Gasteiger partial charge in [0, 0.05) is 0 Å². The van der Waals surface area contributed by atoms with E-state index in [0.29, 0.717) is 47.9 Å². The number of methoxy groups -OCH3 is 1. The maximum atomic E-state index is 11.1. The number of amidine groups is 1. The smallest absolute Gasteiger partial charge is 0.236 e. The molecule has 10 heteroatoms. The van der Waals surface area contributed by atoms with Crippen LogP contribution in [0.2, 0.25) is 0 Å². The second-order valence-corrected chi connectivity index (χ2v) is 7.22. The van der Waals surface area contributed by atoms with Crippen LogP contribution in [0, 0.1) is 11.4 Å². The summed E-state index contributed by atoms with van der Waals surface area (Å²) in [5.74, 6) is 1.02. The second-order valence-electron chi connectivity index (χ2n) is 5.02. The molecule has 0 spiro atoms. The van der Waals surface area contributed by atoms with Crippen LogP contribution >= 0.6 is 39.9 Å². The van der Waals surface area contributed by atoms with Gasteiger partial charge in [-0.2, -0.15) is 5.10 Å². The summed E-state index contributed by atoms with van der Waals surface area (Å²) in [6.07, 6.45) is 1.34. The zero-order valence-corrected chi connectivity index (χ0v) is 16.3. The van der Waals surface area contributed by atoms with Gasteiger partial charge < -0.3 is 19.6 Å². The average molecular weight is 442 g/mol. The van der Waals surface area contributed by atoms with Crippen molar-refractivity contribution < 1.29 is 19.1 Å². The summed E-state index contributed by atoms with van der Waals surface area (Å²) in [4.78, 5) is 11.1. The van der Waals surface area contributed by atoms with Gasteiger partial charge in [-0.1, -0.05) is 24.0 Å². The maximum absolute atomic E-state index is 11.1. The summed E-state index contributed by atoms with van der Waals surface area (Å²) in [7, 11) is 1.47. The SMILES string of the molecule is COc1c(/C=N/N=C2/NC(=O)CS2)c(O)c(Br)c2oc(C)cc(=S)c12. The number of nitrogens with one attached hydrogen (secondary N) is 1. The van der Waals surface area contributed by atoms with E-state index in [9.17, 15) is 9.90 Å². The van der Waals surface area contributed by atoms with Crippen molar-refractivity contribution in [3.63, 3.8) is 0 Å². The number of halogens is 1. The highest BCUT2D eigenvalue weighted by Gasteiger charge is 2.21. The Kier molecular flexibility index (Phi) is 5.11. The van der Waals surface area contributed by atoms with Crippen LogP contribution in [0.5, 0.6) is 11.5 Å². The van der Waals surface area contributed by atoms with E-state index in [2.05, 4.69) is 31.4 Å². The van der Waals surface area contributed by atoms with E-state index in [1.54, 1.807) is 13.0 Å². The van der Waals surface area contributed by atoms with Crippen molar-refractivity contribution in [3.05, 3.63) is 26.4 Å². The number of aryl methyl sites for hydroxylation is 1. The minimum atomic E-state index is -0.124. The van der Waals surface area contributed by atoms with Crippen LogP contribution in [0.3, 0.4) is 0 Å². The number of carbonyl (C=O) groups is 1. The van der Waals surface area contributed by atoms with Gasteiger partial charge in [0.15, 0.2) is 10.8 Å². The number of fused-ring (bicyclic) bond motifs is 1. The molecule has 3 rings (SSSR count). The molecule has 130 valence electrons. The molecule has 0 saturated carbocycles. The summed E-state index contributed by atoms with van der Waals surface area (Å²) >= 11 is 9.98. The van der Waals surface area contributed by atoms with Crippen LogP contribution in [0.4, 0.5) is 0 Å². The molecule has 1 aromatic carbocycles. The molecule has 1 aliphatic heterocycles. The number of carbonyl (C=O) groups excluding carboxylic acids is 1. The molecule has 0 unspecified atom stereocenters. The number of nitrogens with zero attached hydrogens (tertiary/aromatic N) is 2. The van der Waals surface area contributed by atoms with Crippen LogP contribution in [-0.4, -0.2) is 35.3 Å². The Hall–Kier alpha value is -1.91. The molecule has 7 nitrogen and oxygen atoms in total. The van der Waals surface area contributed by atoms with Gasteiger partial charge in [0.2, 0.25) is 5.91 Å². The van der Waals surface area contributed by atoms with Crippen LogP contribution in [0.25, 0.3) is 11.0 Å². The predicted octanol–water partition coefficient (Wildman–Crippen LogP) is 3.50. The second kappa shape index (κ2) is 7.14. The molecule has 1 fully saturated rings. The number of phenolic OH excluding ortho intramolecular Hbond substituents is 1. The van der Waals surface area contributed by atoms with E-state index in [-0.39, 0.29) is 11.7 Å². The Balaban J connectivity index is 2.16. The molecule has 1 aliphatic rings. The Bertz CT molecular complexity index is 1000. The van der Waals surface area contributed by atoms with Crippen molar-refractivity contribution in [2.45, 2.75) is 6.92 Å². The Morgan fingerprint density at radius 3 is 2.96 bits per heavy atom. The van der Waals surface area contributed by atoms with Gasteiger partial charge >= 0.3 is 0 Å². The number of ether oxygens (including phenoxy) is 1. The predicted molar refractivity (Wildman–Crippen MR) is 103 cm³/mol. The average Bonchev–Trinajstić information content (AvgIpc) is 2.98. The van der Waals surface area contributed by atoms with Gasteiger partial charge in [-0.15, -0.1) is 5.10 Å². The van der Waals surface area contributed by atoms with Gasteiger partial charge in [-0.3, -0.25) is 4.79 Å². The van der Waals surface area contributed by atoms with E-state index in [4.69, 9.17) is 21.4 Å². The van der Waals surface area contributed by atoms with Crippen LogP contribution in [-0.2, 0) is 4.79 Å². The fraction of sp³-hybridized carbons (Fsp3) is 0.200. The number of hydrogen-bond acceptors (Lipinski definition) is 8. The van der Waals surface area contributed by atoms with Gasteiger partial charge in [0.25, 0.3) is 0 Å². The van der Waals surface area contributed by atoms with Crippen LogP contribution in [0.1, 0.15) is 11.3 Å². The molecule has 0 aliphatic carbocycles. The molecule has 1 aromatic heterocycles. The fourth-order valence-corrected chi connectivity index (χ4v) is 3.77. The van der Waals surface area contributed by atoms with Crippen molar-refractivity contribution in [2.75, 3.05) is 12.9 Å². The highest BCUT2D eigenvalue weighted by molar-refractivity contribution is 9.10. The Labute approximate surface area is 160 Å².